The van der Waals surface area contributed by atoms with E-state index >= 15 is 0 Å². The van der Waals surface area contributed by atoms with Crippen molar-refractivity contribution in [1.29, 1.82) is 0 Å². The van der Waals surface area contributed by atoms with Gasteiger partial charge in [0.15, 0.2) is 11.4 Å². The van der Waals surface area contributed by atoms with E-state index in [2.05, 4.69) is 15.3 Å². The molecular formula is C20H20ClN5O4. The summed E-state index contributed by atoms with van der Waals surface area (Å²) < 4.78 is 8.02. The lowest BCUT2D eigenvalue weighted by molar-refractivity contribution is 0.0927. The van der Waals surface area contributed by atoms with Gasteiger partial charge in [0, 0.05) is 43.0 Å². The van der Waals surface area contributed by atoms with Crippen LogP contribution in [0.3, 0.4) is 0 Å². The maximum Gasteiger partial charge on any atom is 0.332 e. The molecule has 156 valence electrons. The molecule has 0 saturated carbocycles. The first kappa shape index (κ1) is 20.0. The van der Waals surface area contributed by atoms with Crippen LogP contribution in [0.15, 0.2) is 32.2 Å². The molecule has 0 aliphatic heterocycles. The van der Waals surface area contributed by atoms with Crippen molar-refractivity contribution >= 4 is 39.6 Å². The lowest BCUT2D eigenvalue weighted by atomic mass is 10.1. The Labute approximate surface area is 175 Å². The molecule has 3 aromatic heterocycles. The second kappa shape index (κ2) is 7.49. The first-order valence-electron chi connectivity index (χ1n) is 9.39. The zero-order valence-electron chi connectivity index (χ0n) is 16.7. The standard InChI is InChI=1S/C20H20ClN5O4/c1-10-12-9-11(21)6-7-13(12)30-16(10)18(27)22-8-4-5-14-23-15-17(24-14)25(2)20(29)26(3)19(15)28/h6-7,9H,4-5,8H2,1-3H3,(H,22,27)(H,23,24). The maximum absolute atomic E-state index is 12.5. The number of nitrogens with zero attached hydrogens (tertiary/aromatic N) is 3. The Balaban J connectivity index is 1.43. The first-order chi connectivity index (χ1) is 14.3. The van der Waals surface area contributed by atoms with Gasteiger partial charge in [0.05, 0.1) is 0 Å². The van der Waals surface area contributed by atoms with Crippen molar-refractivity contribution in [2.75, 3.05) is 6.54 Å². The molecule has 0 unspecified atom stereocenters. The van der Waals surface area contributed by atoms with E-state index in [1.54, 1.807) is 25.2 Å². The molecule has 1 amide bonds. The molecule has 2 N–H and O–H groups in total. The van der Waals surface area contributed by atoms with Crippen molar-refractivity contribution in [1.82, 2.24) is 24.4 Å². The summed E-state index contributed by atoms with van der Waals surface area (Å²) in [6.45, 7) is 2.21. The van der Waals surface area contributed by atoms with Gasteiger partial charge in [-0.2, -0.15) is 0 Å². The van der Waals surface area contributed by atoms with Gasteiger partial charge in [-0.1, -0.05) is 11.6 Å². The van der Waals surface area contributed by atoms with E-state index in [0.29, 0.717) is 41.5 Å². The number of carbonyl (C=O) groups excluding carboxylic acids is 1. The fraction of sp³-hybridized carbons (Fsp3) is 0.300. The minimum atomic E-state index is -0.430. The van der Waals surface area contributed by atoms with Crippen LogP contribution in [0.1, 0.15) is 28.4 Å². The average molecular weight is 430 g/mol. The topological polar surface area (TPSA) is 115 Å². The number of aromatic amines is 1. The number of imidazole rings is 1. The monoisotopic (exact) mass is 429 g/mol. The van der Waals surface area contributed by atoms with Crippen LogP contribution in [0, 0.1) is 6.92 Å². The molecule has 10 heteroatoms. The summed E-state index contributed by atoms with van der Waals surface area (Å²) in [6, 6.07) is 5.22. The molecule has 4 rings (SSSR count). The molecule has 0 bridgehead atoms. The van der Waals surface area contributed by atoms with Crippen molar-refractivity contribution in [2.24, 2.45) is 14.1 Å². The highest BCUT2D eigenvalue weighted by atomic mass is 35.5. The van der Waals surface area contributed by atoms with Crippen LogP contribution in [0.5, 0.6) is 0 Å². The lowest BCUT2D eigenvalue weighted by Gasteiger charge is -2.03. The summed E-state index contributed by atoms with van der Waals surface area (Å²) in [5.41, 5.74) is 1.10. The maximum atomic E-state index is 12.5. The predicted octanol–water partition coefficient (Wildman–Crippen LogP) is 2.03. The second-order valence-corrected chi connectivity index (χ2v) is 7.58. The van der Waals surface area contributed by atoms with Crippen molar-refractivity contribution in [3.8, 4) is 0 Å². The van der Waals surface area contributed by atoms with E-state index < -0.39 is 11.2 Å². The summed E-state index contributed by atoms with van der Waals surface area (Å²) in [6.07, 6.45) is 1.09. The lowest BCUT2D eigenvalue weighted by Crippen LogP contribution is -2.36. The Morgan fingerprint density at radius 2 is 2.03 bits per heavy atom. The Kier molecular flexibility index (Phi) is 4.98. The van der Waals surface area contributed by atoms with Crippen molar-refractivity contribution < 1.29 is 9.21 Å². The highest BCUT2D eigenvalue weighted by Gasteiger charge is 2.18. The summed E-state index contributed by atoms with van der Waals surface area (Å²) >= 11 is 6.02. The third-order valence-electron chi connectivity index (χ3n) is 5.12. The van der Waals surface area contributed by atoms with Gasteiger partial charge in [-0.3, -0.25) is 18.7 Å². The summed E-state index contributed by atoms with van der Waals surface area (Å²) in [5, 5.41) is 4.22. The Morgan fingerprint density at radius 1 is 1.27 bits per heavy atom. The largest absolute Gasteiger partial charge is 0.451 e. The predicted molar refractivity (Wildman–Crippen MR) is 113 cm³/mol. The molecule has 0 radical (unpaired) electrons. The number of furan rings is 1. The van der Waals surface area contributed by atoms with Crippen molar-refractivity contribution in [3.63, 3.8) is 0 Å². The van der Waals surface area contributed by atoms with Gasteiger partial charge in [-0.15, -0.1) is 0 Å². The average Bonchev–Trinajstić information content (AvgIpc) is 3.30. The van der Waals surface area contributed by atoms with Gasteiger partial charge in [0.1, 0.15) is 16.9 Å². The summed E-state index contributed by atoms with van der Waals surface area (Å²) in [7, 11) is 2.99. The molecule has 9 nitrogen and oxygen atoms in total. The van der Waals surface area contributed by atoms with Gasteiger partial charge < -0.3 is 14.7 Å². The number of hydrogen-bond acceptors (Lipinski definition) is 5. The molecule has 0 atom stereocenters. The number of halogens is 1. The fourth-order valence-corrected chi connectivity index (χ4v) is 3.61. The smallest absolute Gasteiger partial charge is 0.332 e. The fourth-order valence-electron chi connectivity index (χ4n) is 3.44. The number of H-pyrrole nitrogens is 1. The van der Waals surface area contributed by atoms with Crippen LogP contribution in [-0.4, -0.2) is 31.6 Å². The third kappa shape index (κ3) is 3.30. The molecular weight excluding hydrogens is 410 g/mol. The number of fused-ring (bicyclic) bond motifs is 2. The number of nitrogens with one attached hydrogen (secondary N) is 2. The third-order valence-corrected chi connectivity index (χ3v) is 5.36. The molecule has 0 spiro atoms. The number of aromatic nitrogens is 4. The zero-order valence-corrected chi connectivity index (χ0v) is 17.5. The van der Waals surface area contributed by atoms with Gasteiger partial charge in [0.2, 0.25) is 0 Å². The molecule has 0 aliphatic rings. The Bertz CT molecular complexity index is 1410. The first-order valence-corrected chi connectivity index (χ1v) is 9.77. The van der Waals surface area contributed by atoms with E-state index in [4.69, 9.17) is 16.0 Å². The second-order valence-electron chi connectivity index (χ2n) is 7.14. The van der Waals surface area contributed by atoms with E-state index in [1.165, 1.54) is 11.6 Å². The highest BCUT2D eigenvalue weighted by Crippen LogP contribution is 2.27. The number of benzene rings is 1. The number of rotatable bonds is 5. The minimum absolute atomic E-state index is 0.259. The molecule has 4 aromatic rings. The van der Waals surface area contributed by atoms with Gasteiger partial charge in [-0.05, 0) is 31.5 Å². The van der Waals surface area contributed by atoms with Crippen LogP contribution in [0.25, 0.3) is 22.1 Å². The quantitative estimate of drug-likeness (QED) is 0.471. The Hall–Kier alpha value is -3.33. The summed E-state index contributed by atoms with van der Waals surface area (Å²) in [5.74, 6) is 0.530. The number of hydrogen-bond donors (Lipinski definition) is 2. The molecule has 30 heavy (non-hydrogen) atoms. The molecule has 1 aromatic carbocycles. The SMILES string of the molecule is Cc1c(C(=O)NCCCc2nc3c([nH]2)c(=O)n(C)c(=O)n3C)oc2ccc(Cl)cc12. The van der Waals surface area contributed by atoms with Crippen molar-refractivity contribution in [2.45, 2.75) is 19.8 Å². The normalized spacial score (nSPS) is 11.5. The molecule has 0 aliphatic carbocycles. The van der Waals surface area contributed by atoms with Crippen LogP contribution < -0.4 is 16.6 Å². The van der Waals surface area contributed by atoms with E-state index in [1.807, 2.05) is 6.92 Å². The van der Waals surface area contributed by atoms with Crippen LogP contribution in [-0.2, 0) is 20.5 Å². The van der Waals surface area contributed by atoms with E-state index in [-0.39, 0.29) is 17.2 Å². The van der Waals surface area contributed by atoms with Crippen molar-refractivity contribution in [3.05, 3.63) is 61.2 Å². The Morgan fingerprint density at radius 3 is 2.80 bits per heavy atom. The minimum Gasteiger partial charge on any atom is -0.451 e. The molecule has 0 fully saturated rings. The number of carbonyl (C=O) groups is 1. The van der Waals surface area contributed by atoms with E-state index in [0.717, 1.165) is 15.5 Å². The zero-order chi connectivity index (χ0) is 21.6. The van der Waals surface area contributed by atoms with Gasteiger partial charge in [-0.25, -0.2) is 9.78 Å². The molecule has 0 saturated heterocycles. The van der Waals surface area contributed by atoms with Crippen LogP contribution >= 0.6 is 11.6 Å². The number of aryl methyl sites for hydroxylation is 3. The summed E-state index contributed by atoms with van der Waals surface area (Å²) in [4.78, 5) is 44.0. The molecule has 3 heterocycles. The van der Waals surface area contributed by atoms with Gasteiger partial charge in [0.25, 0.3) is 11.5 Å². The van der Waals surface area contributed by atoms with Crippen LogP contribution in [0.2, 0.25) is 5.02 Å². The highest BCUT2D eigenvalue weighted by molar-refractivity contribution is 6.31. The number of amides is 1. The van der Waals surface area contributed by atoms with Crippen LogP contribution in [0.4, 0.5) is 0 Å². The van der Waals surface area contributed by atoms with E-state index in [9.17, 15) is 14.4 Å². The van der Waals surface area contributed by atoms with Gasteiger partial charge >= 0.3 is 5.69 Å².